The summed E-state index contributed by atoms with van der Waals surface area (Å²) in [4.78, 5) is 71.9. The molecule has 12 heteroatoms. The van der Waals surface area contributed by atoms with Crippen molar-refractivity contribution in [2.45, 2.75) is 42.8 Å². The highest BCUT2D eigenvalue weighted by molar-refractivity contribution is 6.33. The van der Waals surface area contributed by atoms with Crippen LogP contribution in [0, 0.1) is 28.6 Å². The van der Waals surface area contributed by atoms with E-state index in [1.165, 1.54) is 19.0 Å². The molecule has 0 aromatic heterocycles. The fourth-order valence-corrected chi connectivity index (χ4v) is 7.82. The number of phenols is 1. The first-order valence-corrected chi connectivity index (χ1v) is 14.3. The minimum atomic E-state index is -2.78. The van der Waals surface area contributed by atoms with Crippen molar-refractivity contribution >= 4 is 34.7 Å². The molecule has 3 aliphatic rings. The molecule has 0 radical (unpaired) electrons. The van der Waals surface area contributed by atoms with Gasteiger partial charge in [-0.3, -0.25) is 28.9 Å². The largest absolute Gasteiger partial charge is 0.507 e. The number of carbonyl (C=O) groups is 5. The van der Waals surface area contributed by atoms with Crippen molar-refractivity contribution in [2.24, 2.45) is 34.5 Å². The van der Waals surface area contributed by atoms with Crippen LogP contribution in [0.5, 0.6) is 5.75 Å². The molecule has 44 heavy (non-hydrogen) atoms. The molecule has 0 saturated heterocycles. The van der Waals surface area contributed by atoms with Crippen LogP contribution in [0.1, 0.15) is 33.5 Å². The summed E-state index contributed by atoms with van der Waals surface area (Å²) < 4.78 is 0. The van der Waals surface area contributed by atoms with E-state index in [0.29, 0.717) is 29.7 Å². The van der Waals surface area contributed by atoms with Crippen molar-refractivity contribution in [3.8, 4) is 11.8 Å². The second-order valence-electron chi connectivity index (χ2n) is 12.8. The van der Waals surface area contributed by atoms with E-state index < -0.39 is 69.8 Å². The van der Waals surface area contributed by atoms with Crippen LogP contribution in [0.2, 0.25) is 0 Å². The average Bonchev–Trinajstić information content (AvgIpc) is 2.92. The van der Waals surface area contributed by atoms with Crippen LogP contribution in [0.4, 0.5) is 5.69 Å². The predicted molar refractivity (Wildman–Crippen MR) is 159 cm³/mol. The number of nitrogens with two attached hydrogens (primary N) is 3. The maximum absolute atomic E-state index is 14.6. The number of amides is 1. The zero-order chi connectivity index (χ0) is 32.5. The van der Waals surface area contributed by atoms with Crippen molar-refractivity contribution in [3.63, 3.8) is 0 Å². The van der Waals surface area contributed by atoms with Crippen molar-refractivity contribution in [1.29, 1.82) is 5.26 Å². The monoisotopic (exact) mass is 600 g/mol. The summed E-state index contributed by atoms with van der Waals surface area (Å²) in [7, 11) is 6.48. The predicted octanol–water partition coefficient (Wildman–Crippen LogP) is -0.340. The summed E-state index contributed by atoms with van der Waals surface area (Å²) in [6, 6.07) is 11.7. The lowest BCUT2D eigenvalue weighted by molar-refractivity contribution is -0.166. The van der Waals surface area contributed by atoms with Gasteiger partial charge in [-0.05, 0) is 62.5 Å². The molecule has 7 N–H and O–H groups in total. The molecule has 230 valence electrons. The number of nitrogens with zero attached hydrogens (tertiary/aromatic N) is 3. The lowest BCUT2D eigenvalue weighted by atomic mass is 9.42. The molecule has 0 spiro atoms. The van der Waals surface area contributed by atoms with E-state index in [1.807, 2.05) is 30.3 Å². The van der Waals surface area contributed by atoms with Crippen molar-refractivity contribution in [3.05, 3.63) is 58.7 Å². The highest BCUT2D eigenvalue weighted by Crippen LogP contribution is 2.57. The van der Waals surface area contributed by atoms with Crippen LogP contribution >= 0.6 is 0 Å². The quantitative estimate of drug-likeness (QED) is 0.315. The van der Waals surface area contributed by atoms with E-state index >= 15 is 0 Å². The number of rotatable bonds is 6. The maximum atomic E-state index is 14.6. The Morgan fingerprint density at radius 1 is 1.05 bits per heavy atom. The Labute approximate surface area is 254 Å². The number of hydrogen-bond acceptors (Lipinski definition) is 11. The van der Waals surface area contributed by atoms with Gasteiger partial charge < -0.3 is 27.2 Å². The number of aromatic hydroxyl groups is 1. The highest BCUT2D eigenvalue weighted by atomic mass is 16.3. The third kappa shape index (κ3) is 4.03. The number of nitriles is 1. The van der Waals surface area contributed by atoms with Gasteiger partial charge in [-0.25, -0.2) is 0 Å². The Morgan fingerprint density at radius 3 is 2.23 bits per heavy atom. The van der Waals surface area contributed by atoms with Gasteiger partial charge in [-0.1, -0.05) is 30.3 Å². The molecule has 2 aromatic rings. The molecule has 0 bridgehead atoms. The van der Waals surface area contributed by atoms with Crippen LogP contribution < -0.4 is 22.1 Å². The summed E-state index contributed by atoms with van der Waals surface area (Å²) in [5.74, 6) is -9.82. The maximum Gasteiger partial charge on any atom is 0.235 e. The number of ketones is 4. The second kappa shape index (κ2) is 10.3. The Morgan fingerprint density at radius 2 is 1.68 bits per heavy atom. The van der Waals surface area contributed by atoms with Gasteiger partial charge in [0.25, 0.3) is 0 Å². The number of carbonyl (C=O) groups excluding carboxylic acids is 5. The van der Waals surface area contributed by atoms with E-state index in [4.69, 9.17) is 17.2 Å². The molecule has 5 rings (SSSR count). The first-order chi connectivity index (χ1) is 20.6. The average molecular weight is 601 g/mol. The molecular formula is C32H36N6O6. The summed E-state index contributed by atoms with van der Waals surface area (Å²) in [6.45, 7) is 0. The topological polar surface area (TPSA) is 214 Å². The van der Waals surface area contributed by atoms with Crippen LogP contribution in [0.25, 0.3) is 0 Å². The molecule has 2 saturated carbocycles. The normalized spacial score (nSPS) is 31.2. The molecule has 2 fully saturated rings. The SMILES string of the molecule is CN(C)c1cc(CCc2ccccc2)c(O)c2c1C[C@@]1(N)C[C@@]3(N)[C@H](N(C)C)C(=O)C(C(N)=O)C(=O)[C@@]3(C#N)C(=O)C1C2=O. The fourth-order valence-electron chi connectivity index (χ4n) is 7.82. The van der Waals surface area contributed by atoms with Crippen molar-refractivity contribution in [2.75, 3.05) is 33.1 Å². The zero-order valence-corrected chi connectivity index (χ0v) is 25.1. The van der Waals surface area contributed by atoms with Crippen molar-refractivity contribution in [1.82, 2.24) is 4.90 Å². The standard InChI is InChI=1S/C32H36N6O6/c1-37(2)19-12-17(11-10-16-8-6-5-7-9-16)23(39)20-18(19)13-30(35)14-32(36)26(38(3)4)25(41)21(29(34)44)27(42)31(32,15-33)28(43)22(30)24(20)40/h5-9,12,21-22,26,39H,10-11,13-14,35-36H2,1-4H3,(H2,34,44)/t21?,22?,26-,30-,31+,32-/m1/s1. The van der Waals surface area contributed by atoms with E-state index in [1.54, 1.807) is 31.1 Å². The van der Waals surface area contributed by atoms with Gasteiger partial charge in [0.15, 0.2) is 34.5 Å². The number of hydrogen-bond donors (Lipinski definition) is 4. The smallest absolute Gasteiger partial charge is 0.235 e. The Hall–Kier alpha value is -4.44. The number of benzene rings is 2. The van der Waals surface area contributed by atoms with Crippen LogP contribution in [0.3, 0.4) is 0 Å². The number of anilines is 1. The molecule has 1 amide bonds. The second-order valence-corrected chi connectivity index (χ2v) is 12.8. The Bertz CT molecular complexity index is 1670. The highest BCUT2D eigenvalue weighted by Gasteiger charge is 2.78. The Balaban J connectivity index is 1.71. The lowest BCUT2D eigenvalue weighted by Crippen LogP contribution is -2.85. The molecule has 0 aliphatic heterocycles. The van der Waals surface area contributed by atoms with E-state index in [0.717, 1.165) is 5.56 Å². The molecule has 0 heterocycles. The fraction of sp³-hybridized carbons (Fsp3) is 0.438. The molecular weight excluding hydrogens is 564 g/mol. The van der Waals surface area contributed by atoms with Gasteiger partial charge in [-0.2, -0.15) is 5.26 Å². The van der Waals surface area contributed by atoms with E-state index in [2.05, 4.69) is 0 Å². The third-order valence-corrected chi connectivity index (χ3v) is 9.65. The van der Waals surface area contributed by atoms with Gasteiger partial charge in [0.2, 0.25) is 5.91 Å². The third-order valence-electron chi connectivity index (χ3n) is 9.65. The van der Waals surface area contributed by atoms with E-state index in [9.17, 15) is 34.3 Å². The minimum Gasteiger partial charge on any atom is -0.507 e. The number of phenolic OH excluding ortho intramolecular Hbond substituents is 1. The molecule has 2 aromatic carbocycles. The number of Topliss-reactive ketones (excluding diaryl/α,β-unsaturated/α-hetero) is 4. The molecule has 3 aliphatic carbocycles. The number of fused-ring (bicyclic) bond motifs is 3. The first kappa shape index (κ1) is 31.0. The summed E-state index contributed by atoms with van der Waals surface area (Å²) in [5.41, 5.74) is 14.9. The summed E-state index contributed by atoms with van der Waals surface area (Å²) in [5, 5.41) is 22.1. The summed E-state index contributed by atoms with van der Waals surface area (Å²) in [6.07, 6.45) is 0.369. The minimum absolute atomic E-state index is 0.105. The molecule has 2 unspecified atom stereocenters. The zero-order valence-electron chi connectivity index (χ0n) is 25.1. The van der Waals surface area contributed by atoms with Gasteiger partial charge in [0.05, 0.1) is 23.2 Å². The number of likely N-dealkylation sites (N-methyl/N-ethyl adjacent to an activating group) is 1. The van der Waals surface area contributed by atoms with Crippen molar-refractivity contribution < 1.29 is 29.1 Å². The number of primary amides is 1. The molecule has 12 nitrogen and oxygen atoms in total. The number of aryl methyl sites for hydroxylation is 2. The first-order valence-electron chi connectivity index (χ1n) is 14.3. The lowest BCUT2D eigenvalue weighted by Gasteiger charge is -2.60. The van der Waals surface area contributed by atoms with E-state index in [-0.39, 0.29) is 17.7 Å². The van der Waals surface area contributed by atoms with Gasteiger partial charge in [0, 0.05) is 25.3 Å². The summed E-state index contributed by atoms with van der Waals surface area (Å²) >= 11 is 0. The Kier molecular flexibility index (Phi) is 7.28. The van der Waals surface area contributed by atoms with Gasteiger partial charge >= 0.3 is 0 Å². The van der Waals surface area contributed by atoms with Gasteiger partial charge in [0.1, 0.15) is 11.7 Å². The van der Waals surface area contributed by atoms with Crippen LogP contribution in [-0.2, 0) is 38.4 Å². The van der Waals surface area contributed by atoms with Gasteiger partial charge in [-0.15, -0.1) is 0 Å². The van der Waals surface area contributed by atoms with Crippen LogP contribution in [-0.4, -0.2) is 84.4 Å². The van der Waals surface area contributed by atoms with Crippen LogP contribution in [0.15, 0.2) is 36.4 Å². The molecule has 6 atom stereocenters.